The number of halogens is 1. The van der Waals surface area contributed by atoms with Gasteiger partial charge in [-0.15, -0.1) is 15.3 Å². The highest BCUT2D eigenvalue weighted by molar-refractivity contribution is 5.94. The van der Waals surface area contributed by atoms with Gasteiger partial charge in [-0.1, -0.05) is 24.3 Å². The van der Waals surface area contributed by atoms with Crippen LogP contribution in [0.5, 0.6) is 0 Å². The van der Waals surface area contributed by atoms with Crippen molar-refractivity contribution < 1.29 is 9.18 Å². The fourth-order valence-electron chi connectivity index (χ4n) is 3.77. The number of benzene rings is 2. The molecule has 8 nitrogen and oxygen atoms in total. The van der Waals surface area contributed by atoms with Crippen molar-refractivity contribution in [3.05, 3.63) is 89.6 Å². The molecule has 0 radical (unpaired) electrons. The average Bonchev–Trinajstić information content (AvgIpc) is 3.43. The fourth-order valence-corrected chi connectivity index (χ4v) is 3.77. The molecule has 2 aromatic carbocycles. The van der Waals surface area contributed by atoms with Gasteiger partial charge in [0.25, 0.3) is 5.91 Å². The Kier molecular flexibility index (Phi) is 5.67. The standard InChI is InChI=1S/C24H22FN7O/c25-18-5-3-4-16(14-18)24(33)27-13-11-23-30-29-22-9-8-21(31-32(22)23)26-12-10-17-15-28-20-7-2-1-6-19(17)20/h1-9,14-15,28H,10-13H2,(H,26,31)(H,27,33). The highest BCUT2D eigenvalue weighted by atomic mass is 19.1. The van der Waals surface area contributed by atoms with Crippen molar-refractivity contribution in [2.24, 2.45) is 0 Å². The lowest BCUT2D eigenvalue weighted by molar-refractivity contribution is 0.0953. The first kappa shape index (κ1) is 20.6. The van der Waals surface area contributed by atoms with E-state index in [0.29, 0.717) is 30.3 Å². The third-order valence-corrected chi connectivity index (χ3v) is 5.42. The second kappa shape index (κ2) is 9.07. The van der Waals surface area contributed by atoms with Crippen LogP contribution in [-0.4, -0.2) is 43.8 Å². The smallest absolute Gasteiger partial charge is 0.251 e. The van der Waals surface area contributed by atoms with E-state index in [4.69, 9.17) is 0 Å². The van der Waals surface area contributed by atoms with Gasteiger partial charge in [0, 0.05) is 42.2 Å². The van der Waals surface area contributed by atoms with Crippen LogP contribution in [0.15, 0.2) is 66.9 Å². The van der Waals surface area contributed by atoms with Crippen LogP contribution in [0.4, 0.5) is 10.2 Å². The van der Waals surface area contributed by atoms with E-state index in [9.17, 15) is 9.18 Å². The van der Waals surface area contributed by atoms with Crippen molar-refractivity contribution >= 4 is 28.3 Å². The minimum absolute atomic E-state index is 0.279. The van der Waals surface area contributed by atoms with Crippen LogP contribution in [0.25, 0.3) is 16.6 Å². The monoisotopic (exact) mass is 443 g/mol. The Balaban J connectivity index is 1.20. The Labute approximate surface area is 188 Å². The van der Waals surface area contributed by atoms with Gasteiger partial charge in [0.15, 0.2) is 11.5 Å². The summed E-state index contributed by atoms with van der Waals surface area (Å²) in [5.74, 6) is 0.563. The number of fused-ring (bicyclic) bond motifs is 2. The Morgan fingerprint density at radius 2 is 1.91 bits per heavy atom. The summed E-state index contributed by atoms with van der Waals surface area (Å²) in [6, 6.07) is 17.5. The van der Waals surface area contributed by atoms with E-state index < -0.39 is 5.82 Å². The molecule has 0 aliphatic rings. The van der Waals surface area contributed by atoms with Crippen LogP contribution in [0.1, 0.15) is 21.7 Å². The summed E-state index contributed by atoms with van der Waals surface area (Å²) in [4.78, 5) is 15.5. The first-order valence-electron chi connectivity index (χ1n) is 10.7. The van der Waals surface area contributed by atoms with Gasteiger partial charge in [-0.2, -0.15) is 4.52 Å². The summed E-state index contributed by atoms with van der Waals surface area (Å²) in [7, 11) is 0. The van der Waals surface area contributed by atoms with Crippen molar-refractivity contribution in [1.29, 1.82) is 0 Å². The maximum Gasteiger partial charge on any atom is 0.251 e. The molecule has 166 valence electrons. The molecule has 0 saturated carbocycles. The third-order valence-electron chi connectivity index (χ3n) is 5.42. The number of nitrogens with one attached hydrogen (secondary N) is 3. The largest absolute Gasteiger partial charge is 0.368 e. The molecule has 0 aliphatic heterocycles. The number of para-hydroxylation sites is 1. The minimum Gasteiger partial charge on any atom is -0.368 e. The van der Waals surface area contributed by atoms with Gasteiger partial charge in [0.05, 0.1) is 0 Å². The van der Waals surface area contributed by atoms with Crippen LogP contribution < -0.4 is 10.6 Å². The SMILES string of the molecule is O=C(NCCc1nnc2ccc(NCCc3c[nH]c4ccccc34)nn12)c1cccc(F)c1. The van der Waals surface area contributed by atoms with Crippen molar-refractivity contribution in [2.75, 3.05) is 18.4 Å². The number of carbonyl (C=O) groups excluding carboxylic acids is 1. The molecule has 0 spiro atoms. The van der Waals surface area contributed by atoms with Gasteiger partial charge in [0.1, 0.15) is 11.6 Å². The van der Waals surface area contributed by atoms with Gasteiger partial charge >= 0.3 is 0 Å². The van der Waals surface area contributed by atoms with Gasteiger partial charge in [-0.05, 0) is 48.4 Å². The van der Waals surface area contributed by atoms with Crippen LogP contribution in [0, 0.1) is 5.82 Å². The molecule has 1 amide bonds. The molecule has 0 aliphatic carbocycles. The molecule has 3 N–H and O–H groups in total. The van der Waals surface area contributed by atoms with Gasteiger partial charge in [0.2, 0.25) is 0 Å². The summed E-state index contributed by atoms with van der Waals surface area (Å²) >= 11 is 0. The number of hydrogen-bond donors (Lipinski definition) is 3. The van der Waals surface area contributed by atoms with Gasteiger partial charge in [-0.25, -0.2) is 4.39 Å². The molecule has 5 aromatic rings. The molecule has 0 fully saturated rings. The first-order valence-corrected chi connectivity index (χ1v) is 10.7. The molecular weight excluding hydrogens is 421 g/mol. The fraction of sp³-hybridized carbons (Fsp3) is 0.167. The second-order valence-corrected chi connectivity index (χ2v) is 7.66. The lowest BCUT2D eigenvalue weighted by Crippen LogP contribution is -2.26. The third kappa shape index (κ3) is 4.52. The van der Waals surface area contributed by atoms with Crippen LogP contribution >= 0.6 is 0 Å². The summed E-state index contributed by atoms with van der Waals surface area (Å²) in [5.41, 5.74) is 3.29. The predicted octanol–water partition coefficient (Wildman–Crippen LogP) is 3.37. The zero-order valence-electron chi connectivity index (χ0n) is 17.8. The van der Waals surface area contributed by atoms with Crippen molar-refractivity contribution in [1.82, 2.24) is 30.1 Å². The van der Waals surface area contributed by atoms with Gasteiger partial charge in [-0.3, -0.25) is 4.79 Å². The van der Waals surface area contributed by atoms with Crippen molar-refractivity contribution in [3.63, 3.8) is 0 Å². The molecule has 33 heavy (non-hydrogen) atoms. The number of hydrogen-bond acceptors (Lipinski definition) is 5. The molecule has 3 heterocycles. The van der Waals surface area contributed by atoms with E-state index in [1.54, 1.807) is 10.6 Å². The lowest BCUT2D eigenvalue weighted by atomic mass is 10.1. The number of nitrogens with zero attached hydrogens (tertiary/aromatic N) is 4. The molecule has 5 rings (SSSR count). The number of aromatic nitrogens is 5. The molecule has 0 unspecified atom stereocenters. The molecule has 0 atom stereocenters. The average molecular weight is 443 g/mol. The van der Waals surface area contributed by atoms with Crippen LogP contribution in [0.2, 0.25) is 0 Å². The second-order valence-electron chi connectivity index (χ2n) is 7.66. The van der Waals surface area contributed by atoms with E-state index in [1.807, 2.05) is 30.5 Å². The molecule has 3 aromatic heterocycles. The van der Waals surface area contributed by atoms with Gasteiger partial charge < -0.3 is 15.6 Å². The predicted molar refractivity (Wildman–Crippen MR) is 124 cm³/mol. The first-order chi connectivity index (χ1) is 16.2. The number of carbonyl (C=O) groups is 1. The van der Waals surface area contributed by atoms with Crippen molar-refractivity contribution in [2.45, 2.75) is 12.8 Å². The van der Waals surface area contributed by atoms with E-state index in [-0.39, 0.29) is 11.5 Å². The maximum atomic E-state index is 13.3. The number of anilines is 1. The Hall–Kier alpha value is -4.27. The van der Waals surface area contributed by atoms with Crippen LogP contribution in [0.3, 0.4) is 0 Å². The zero-order chi connectivity index (χ0) is 22.6. The molecular formula is C24H22FN7O. The molecule has 9 heteroatoms. The summed E-state index contributed by atoms with van der Waals surface area (Å²) in [6.07, 6.45) is 3.33. The maximum absolute atomic E-state index is 13.3. The number of aromatic amines is 1. The normalized spacial score (nSPS) is 11.2. The highest BCUT2D eigenvalue weighted by Gasteiger charge is 2.10. The molecule has 0 saturated heterocycles. The summed E-state index contributed by atoms with van der Waals surface area (Å²) < 4.78 is 15.0. The number of rotatable bonds is 8. The quantitative estimate of drug-likeness (QED) is 0.341. The Bertz CT molecular complexity index is 1420. The number of amides is 1. The van der Waals surface area contributed by atoms with E-state index in [1.165, 1.54) is 29.1 Å². The Morgan fingerprint density at radius 3 is 2.82 bits per heavy atom. The van der Waals surface area contributed by atoms with Crippen molar-refractivity contribution in [3.8, 4) is 0 Å². The Morgan fingerprint density at radius 1 is 1.00 bits per heavy atom. The lowest BCUT2D eigenvalue weighted by Gasteiger charge is -2.07. The van der Waals surface area contributed by atoms with E-state index in [2.05, 4.69) is 43.0 Å². The molecule has 0 bridgehead atoms. The summed E-state index contributed by atoms with van der Waals surface area (Å²) in [6.45, 7) is 1.05. The summed E-state index contributed by atoms with van der Waals surface area (Å²) in [5, 5.41) is 20.3. The number of H-pyrrole nitrogens is 1. The highest BCUT2D eigenvalue weighted by Crippen LogP contribution is 2.18. The van der Waals surface area contributed by atoms with E-state index >= 15 is 0 Å². The van der Waals surface area contributed by atoms with Crippen LogP contribution in [-0.2, 0) is 12.8 Å². The zero-order valence-corrected chi connectivity index (χ0v) is 17.8. The minimum atomic E-state index is -0.444. The van der Waals surface area contributed by atoms with E-state index in [0.717, 1.165) is 18.5 Å². The topological polar surface area (TPSA) is 100 Å².